The van der Waals surface area contributed by atoms with E-state index in [1.165, 1.54) is 0 Å². The predicted octanol–water partition coefficient (Wildman–Crippen LogP) is 1.20. The van der Waals surface area contributed by atoms with E-state index in [-0.39, 0.29) is 18.3 Å². The molecule has 1 aliphatic heterocycles. The summed E-state index contributed by atoms with van der Waals surface area (Å²) < 4.78 is 17.7. The van der Waals surface area contributed by atoms with Crippen LogP contribution in [-0.4, -0.2) is 25.4 Å². The molecule has 1 rings (SSSR count). The molecule has 0 N–H and O–H groups in total. The first-order chi connectivity index (χ1) is 4.77. The third-order valence-electron chi connectivity index (χ3n) is 1.69. The molecule has 1 fully saturated rings. The molecule has 9 heavy (non-hydrogen) atoms. The van der Waals surface area contributed by atoms with Gasteiger partial charge in [-0.3, -0.25) is 0 Å². The maximum absolute atomic E-state index is 7.12. The van der Waals surface area contributed by atoms with Crippen LogP contribution in [0.5, 0.6) is 0 Å². The number of hydrogen-bond acceptors (Lipinski definition) is 2. The molecular formula is C7H14O2. The van der Waals surface area contributed by atoms with Crippen molar-refractivity contribution in [2.24, 2.45) is 0 Å². The number of hydrogen-bond donors (Lipinski definition) is 0. The van der Waals surface area contributed by atoms with Gasteiger partial charge in [-0.25, -0.2) is 0 Å². The van der Waals surface area contributed by atoms with Crippen molar-refractivity contribution < 1.29 is 10.8 Å². The Labute approximate surface area is 57.6 Å². The summed E-state index contributed by atoms with van der Waals surface area (Å²) in [7, 11) is 1.68. The van der Waals surface area contributed by atoms with E-state index >= 15 is 0 Å². The fraction of sp³-hybridized carbons (Fsp3) is 1.00. The minimum atomic E-state index is -0.000000000000000444. The van der Waals surface area contributed by atoms with Crippen LogP contribution in [0.25, 0.3) is 0 Å². The largest absolute Gasteiger partial charge is 0.379 e. The van der Waals surface area contributed by atoms with E-state index in [1.54, 1.807) is 7.11 Å². The zero-order chi connectivity index (χ0) is 7.56. The van der Waals surface area contributed by atoms with Crippen LogP contribution in [0.3, 0.4) is 0 Å². The SMILES string of the molecule is [2H]CC1OC(C)CC1OC. The highest BCUT2D eigenvalue weighted by Gasteiger charge is 2.28. The first kappa shape index (κ1) is 5.69. The topological polar surface area (TPSA) is 18.5 Å². The van der Waals surface area contributed by atoms with Gasteiger partial charge in [0.1, 0.15) is 0 Å². The Morgan fingerprint density at radius 2 is 2.56 bits per heavy atom. The molecule has 1 heterocycles. The summed E-state index contributed by atoms with van der Waals surface area (Å²) in [6.45, 7) is 2.32. The second kappa shape index (κ2) is 2.67. The summed E-state index contributed by atoms with van der Waals surface area (Å²) in [6.07, 6.45) is 1.34. The molecule has 0 amide bonds. The molecule has 0 aliphatic carbocycles. The fourth-order valence-electron chi connectivity index (χ4n) is 1.17. The molecule has 2 nitrogen and oxygen atoms in total. The van der Waals surface area contributed by atoms with Crippen LogP contribution < -0.4 is 0 Å². The highest BCUT2D eigenvalue weighted by molar-refractivity contribution is 4.77. The van der Waals surface area contributed by atoms with Gasteiger partial charge in [0.2, 0.25) is 0 Å². The lowest BCUT2D eigenvalue weighted by molar-refractivity contribution is 0.0103. The van der Waals surface area contributed by atoms with E-state index in [0.717, 1.165) is 6.42 Å². The second-order valence-electron chi connectivity index (χ2n) is 2.50. The van der Waals surface area contributed by atoms with E-state index in [1.807, 2.05) is 6.92 Å². The molecule has 3 unspecified atom stereocenters. The number of ether oxygens (including phenoxy) is 2. The predicted molar refractivity (Wildman–Crippen MR) is 35.4 cm³/mol. The van der Waals surface area contributed by atoms with Gasteiger partial charge < -0.3 is 9.47 Å². The van der Waals surface area contributed by atoms with Crippen LogP contribution in [0.1, 0.15) is 21.6 Å². The van der Waals surface area contributed by atoms with Gasteiger partial charge >= 0.3 is 0 Å². The Balaban J connectivity index is 2.41. The molecule has 0 aromatic rings. The molecule has 1 saturated heterocycles. The molecule has 1 aliphatic rings. The molecule has 0 aromatic carbocycles. The first-order valence-corrected chi connectivity index (χ1v) is 3.25. The Morgan fingerprint density at radius 3 is 3.00 bits per heavy atom. The molecule has 0 aromatic heterocycles. The molecule has 0 saturated carbocycles. The maximum atomic E-state index is 7.12. The van der Waals surface area contributed by atoms with Gasteiger partial charge in [-0.15, -0.1) is 0 Å². The molecule has 3 atom stereocenters. The monoisotopic (exact) mass is 131 g/mol. The lowest BCUT2D eigenvalue weighted by atomic mass is 10.2. The van der Waals surface area contributed by atoms with Crippen molar-refractivity contribution in [2.45, 2.75) is 38.6 Å². The summed E-state index contributed by atoms with van der Waals surface area (Å²) in [6, 6.07) is 0. The van der Waals surface area contributed by atoms with Gasteiger partial charge in [0.05, 0.1) is 18.3 Å². The van der Waals surface area contributed by atoms with Crippen molar-refractivity contribution in [1.82, 2.24) is 0 Å². The third-order valence-corrected chi connectivity index (χ3v) is 1.69. The maximum Gasteiger partial charge on any atom is 0.0854 e. The number of methoxy groups -OCH3 is 1. The standard InChI is InChI=1S/C7H14O2/c1-5-4-7(8-3)6(2)9-5/h5-7H,4H2,1-3H3/i2D. The average Bonchev–Trinajstić information content (AvgIpc) is 2.30. The molecular weight excluding hydrogens is 116 g/mol. The van der Waals surface area contributed by atoms with Crippen LogP contribution in [0.15, 0.2) is 0 Å². The Morgan fingerprint density at radius 1 is 1.78 bits per heavy atom. The Bertz CT molecular complexity index is 95.8. The van der Waals surface area contributed by atoms with Gasteiger partial charge in [0.15, 0.2) is 0 Å². The normalized spacial score (nSPS) is 45.1. The average molecular weight is 131 g/mol. The lowest BCUT2D eigenvalue weighted by Crippen LogP contribution is -2.18. The van der Waals surface area contributed by atoms with Crippen molar-refractivity contribution in [1.29, 1.82) is 0 Å². The van der Waals surface area contributed by atoms with Crippen LogP contribution in [-0.2, 0) is 9.47 Å². The van der Waals surface area contributed by atoms with Crippen molar-refractivity contribution in [2.75, 3.05) is 7.11 Å². The zero-order valence-electron chi connectivity index (χ0n) is 6.96. The zero-order valence-corrected chi connectivity index (χ0v) is 5.96. The third kappa shape index (κ3) is 1.43. The summed E-state index contributed by atoms with van der Waals surface area (Å²) in [5.74, 6) is 0. The van der Waals surface area contributed by atoms with Crippen LogP contribution in [0.2, 0.25) is 0 Å². The molecule has 0 radical (unpaired) electrons. The van der Waals surface area contributed by atoms with Crippen molar-refractivity contribution in [3.8, 4) is 0 Å². The quantitative estimate of drug-likeness (QED) is 0.532. The van der Waals surface area contributed by atoms with Gasteiger partial charge in [-0.1, -0.05) is 0 Å². The summed E-state index contributed by atoms with van der Waals surface area (Å²) >= 11 is 0. The Kier molecular flexibility index (Phi) is 1.69. The fourth-order valence-corrected chi connectivity index (χ4v) is 1.17. The summed E-state index contributed by atoms with van der Waals surface area (Å²) in [5, 5.41) is 0. The van der Waals surface area contributed by atoms with Crippen molar-refractivity contribution in [3.63, 3.8) is 0 Å². The minimum Gasteiger partial charge on any atom is -0.379 e. The number of rotatable bonds is 1. The minimum absolute atomic E-state index is 0.000000000000000444. The van der Waals surface area contributed by atoms with E-state index in [2.05, 4.69) is 0 Å². The van der Waals surface area contributed by atoms with Gasteiger partial charge in [-0.05, 0) is 13.8 Å². The molecule has 54 valence electrons. The highest BCUT2D eigenvalue weighted by atomic mass is 16.6. The van der Waals surface area contributed by atoms with E-state index in [0.29, 0.717) is 6.90 Å². The van der Waals surface area contributed by atoms with Crippen LogP contribution >= 0.6 is 0 Å². The van der Waals surface area contributed by atoms with E-state index < -0.39 is 0 Å². The smallest absolute Gasteiger partial charge is 0.0854 e. The first-order valence-electron chi connectivity index (χ1n) is 3.96. The summed E-state index contributed by atoms with van der Waals surface area (Å²) in [5.41, 5.74) is 0. The summed E-state index contributed by atoms with van der Waals surface area (Å²) in [4.78, 5) is 0. The van der Waals surface area contributed by atoms with Crippen LogP contribution in [0.4, 0.5) is 0 Å². The van der Waals surface area contributed by atoms with Crippen LogP contribution in [0, 0.1) is 0 Å². The van der Waals surface area contributed by atoms with Crippen molar-refractivity contribution in [3.05, 3.63) is 0 Å². The highest BCUT2D eigenvalue weighted by Crippen LogP contribution is 2.21. The molecule has 0 spiro atoms. The lowest BCUT2D eigenvalue weighted by Gasteiger charge is -2.10. The van der Waals surface area contributed by atoms with Gasteiger partial charge in [-0.2, -0.15) is 0 Å². The van der Waals surface area contributed by atoms with E-state index in [4.69, 9.17) is 10.8 Å². The van der Waals surface area contributed by atoms with Crippen molar-refractivity contribution >= 4 is 0 Å². The van der Waals surface area contributed by atoms with E-state index in [9.17, 15) is 0 Å². The molecule has 0 bridgehead atoms. The molecule has 2 heteroatoms. The van der Waals surface area contributed by atoms with Gasteiger partial charge in [0, 0.05) is 14.9 Å². The Hall–Kier alpha value is -0.0800. The van der Waals surface area contributed by atoms with Gasteiger partial charge in [0.25, 0.3) is 0 Å². The second-order valence-corrected chi connectivity index (χ2v) is 2.50.